The first-order chi connectivity index (χ1) is 9.54. The average Bonchev–Trinajstić information content (AvgIpc) is 2.99. The predicted octanol–water partition coefficient (Wildman–Crippen LogP) is 0.187. The Morgan fingerprint density at radius 2 is 2.40 bits per heavy atom. The van der Waals surface area contributed by atoms with Gasteiger partial charge in [0.1, 0.15) is 0 Å². The second kappa shape index (κ2) is 6.19. The molecule has 0 amide bonds. The average molecular weight is 283 g/mol. The Kier molecular flexibility index (Phi) is 4.56. The highest BCUT2D eigenvalue weighted by Crippen LogP contribution is 2.28. The van der Waals surface area contributed by atoms with Crippen LogP contribution >= 0.6 is 0 Å². The maximum atomic E-state index is 11.2. The number of anilines is 1. The first-order valence-electron chi connectivity index (χ1n) is 6.81. The lowest BCUT2D eigenvalue weighted by atomic mass is 10.2. The fourth-order valence-electron chi connectivity index (χ4n) is 2.64. The zero-order valence-electron chi connectivity index (χ0n) is 11.9. The molecule has 2 heterocycles. The number of rotatable bonds is 6. The Labute approximate surface area is 117 Å². The molecule has 8 nitrogen and oxygen atoms in total. The molecule has 0 saturated carbocycles. The molecule has 0 aliphatic carbocycles. The van der Waals surface area contributed by atoms with Crippen LogP contribution in [0.2, 0.25) is 0 Å². The molecule has 1 aromatic heterocycles. The number of hydrogen-bond acceptors (Lipinski definition) is 6. The monoisotopic (exact) mass is 283 g/mol. The summed E-state index contributed by atoms with van der Waals surface area (Å²) >= 11 is 0. The van der Waals surface area contributed by atoms with Crippen molar-refractivity contribution in [1.29, 1.82) is 0 Å². The molecule has 1 atom stereocenters. The van der Waals surface area contributed by atoms with Gasteiger partial charge in [-0.05, 0) is 29.3 Å². The van der Waals surface area contributed by atoms with Crippen LogP contribution in [0, 0.1) is 17.0 Å². The summed E-state index contributed by atoms with van der Waals surface area (Å²) in [6.45, 7) is 3.66. The zero-order valence-corrected chi connectivity index (χ0v) is 11.9. The van der Waals surface area contributed by atoms with Crippen molar-refractivity contribution in [1.82, 2.24) is 14.9 Å². The standard InChI is InChI=1S/C12H21N5O3/c1-9-14-11(17(19)20)12(15(9)2)16(6-7-18)8-10-4-3-5-13-10/h10,13,18H,3-8H2,1-2H3. The second-order valence-corrected chi connectivity index (χ2v) is 5.09. The molecule has 1 aliphatic rings. The van der Waals surface area contributed by atoms with Crippen LogP contribution < -0.4 is 10.2 Å². The third-order valence-electron chi connectivity index (χ3n) is 3.72. The minimum Gasteiger partial charge on any atom is -0.395 e. The molecule has 1 aliphatic heterocycles. The highest BCUT2D eigenvalue weighted by atomic mass is 16.6. The highest BCUT2D eigenvalue weighted by Gasteiger charge is 2.30. The SMILES string of the molecule is Cc1nc([N+](=O)[O-])c(N(CCO)CC2CCCN2)n1C. The molecule has 0 radical (unpaired) electrons. The summed E-state index contributed by atoms with van der Waals surface area (Å²) in [7, 11) is 1.76. The Morgan fingerprint density at radius 3 is 2.95 bits per heavy atom. The molecule has 20 heavy (non-hydrogen) atoms. The summed E-state index contributed by atoms with van der Waals surface area (Å²) in [4.78, 5) is 16.6. The van der Waals surface area contributed by atoms with Gasteiger partial charge in [0.2, 0.25) is 11.6 Å². The number of aliphatic hydroxyl groups excluding tert-OH is 1. The van der Waals surface area contributed by atoms with Gasteiger partial charge in [0.15, 0.2) is 0 Å². The van der Waals surface area contributed by atoms with Crippen LogP contribution in [0.25, 0.3) is 0 Å². The number of nitrogens with zero attached hydrogens (tertiary/aromatic N) is 4. The number of aliphatic hydroxyl groups is 1. The first kappa shape index (κ1) is 14.7. The van der Waals surface area contributed by atoms with Gasteiger partial charge in [0, 0.05) is 33.1 Å². The summed E-state index contributed by atoms with van der Waals surface area (Å²) in [5, 5.41) is 23.8. The van der Waals surface area contributed by atoms with Gasteiger partial charge in [-0.3, -0.25) is 4.57 Å². The van der Waals surface area contributed by atoms with E-state index >= 15 is 0 Å². The molecule has 2 N–H and O–H groups in total. The summed E-state index contributed by atoms with van der Waals surface area (Å²) in [6.07, 6.45) is 2.16. The third kappa shape index (κ3) is 2.91. The van der Waals surface area contributed by atoms with E-state index in [0.29, 0.717) is 30.8 Å². The van der Waals surface area contributed by atoms with E-state index in [1.165, 1.54) is 0 Å². The number of nitro groups is 1. The van der Waals surface area contributed by atoms with Crippen molar-refractivity contribution >= 4 is 11.6 Å². The van der Waals surface area contributed by atoms with Crippen molar-refractivity contribution in [2.24, 2.45) is 7.05 Å². The van der Waals surface area contributed by atoms with Crippen molar-refractivity contribution in [3.05, 3.63) is 15.9 Å². The number of aromatic nitrogens is 2. The highest BCUT2D eigenvalue weighted by molar-refractivity contribution is 5.56. The molecule has 0 spiro atoms. The smallest absolute Gasteiger partial charge is 0.395 e. The van der Waals surface area contributed by atoms with Crippen LogP contribution in [0.15, 0.2) is 0 Å². The first-order valence-corrected chi connectivity index (χ1v) is 6.81. The van der Waals surface area contributed by atoms with E-state index in [1.807, 2.05) is 4.90 Å². The molecule has 8 heteroatoms. The van der Waals surface area contributed by atoms with Crippen LogP contribution in [-0.2, 0) is 7.05 Å². The van der Waals surface area contributed by atoms with E-state index in [9.17, 15) is 15.2 Å². The fraction of sp³-hybridized carbons (Fsp3) is 0.750. The van der Waals surface area contributed by atoms with Gasteiger partial charge in [-0.1, -0.05) is 0 Å². The summed E-state index contributed by atoms with van der Waals surface area (Å²) in [5.41, 5.74) is 0. The van der Waals surface area contributed by atoms with Crippen LogP contribution in [0.3, 0.4) is 0 Å². The fourth-order valence-corrected chi connectivity index (χ4v) is 2.64. The zero-order chi connectivity index (χ0) is 14.7. The molecule has 0 aromatic carbocycles. The van der Waals surface area contributed by atoms with Crippen LogP contribution in [0.5, 0.6) is 0 Å². The van der Waals surface area contributed by atoms with Gasteiger partial charge in [0.25, 0.3) is 0 Å². The van der Waals surface area contributed by atoms with Crippen LogP contribution in [0.4, 0.5) is 11.6 Å². The van der Waals surface area contributed by atoms with Crippen LogP contribution in [0.1, 0.15) is 18.7 Å². The number of imidazole rings is 1. The second-order valence-electron chi connectivity index (χ2n) is 5.09. The van der Waals surface area contributed by atoms with Crippen LogP contribution in [-0.4, -0.2) is 51.9 Å². The van der Waals surface area contributed by atoms with E-state index in [4.69, 9.17) is 0 Å². The van der Waals surface area contributed by atoms with Crippen molar-refractivity contribution in [2.75, 3.05) is 31.1 Å². The van der Waals surface area contributed by atoms with Crippen molar-refractivity contribution in [3.63, 3.8) is 0 Å². The van der Waals surface area contributed by atoms with Gasteiger partial charge in [-0.25, -0.2) is 0 Å². The van der Waals surface area contributed by atoms with Gasteiger partial charge >= 0.3 is 5.82 Å². The number of hydrogen-bond donors (Lipinski definition) is 2. The maximum Gasteiger partial charge on any atom is 0.406 e. The Balaban J connectivity index is 2.29. The molecule has 1 aromatic rings. The largest absolute Gasteiger partial charge is 0.406 e. The summed E-state index contributed by atoms with van der Waals surface area (Å²) in [6, 6.07) is 0.302. The maximum absolute atomic E-state index is 11.2. The molecular weight excluding hydrogens is 262 g/mol. The van der Waals surface area contributed by atoms with E-state index in [0.717, 1.165) is 19.4 Å². The summed E-state index contributed by atoms with van der Waals surface area (Å²) in [5.74, 6) is 0.917. The van der Waals surface area contributed by atoms with E-state index in [2.05, 4.69) is 10.3 Å². The molecule has 2 rings (SSSR count). The third-order valence-corrected chi connectivity index (χ3v) is 3.72. The minimum atomic E-state index is -0.464. The van der Waals surface area contributed by atoms with E-state index < -0.39 is 4.92 Å². The molecule has 1 saturated heterocycles. The normalized spacial score (nSPS) is 18.4. The van der Waals surface area contributed by atoms with Gasteiger partial charge < -0.3 is 25.4 Å². The van der Waals surface area contributed by atoms with E-state index in [-0.39, 0.29) is 12.4 Å². The predicted molar refractivity (Wildman–Crippen MR) is 74.9 cm³/mol. The van der Waals surface area contributed by atoms with Crippen molar-refractivity contribution in [2.45, 2.75) is 25.8 Å². The lowest BCUT2D eigenvalue weighted by Crippen LogP contribution is -2.40. The molecule has 1 unspecified atom stereocenters. The van der Waals surface area contributed by atoms with Crippen molar-refractivity contribution < 1.29 is 10.0 Å². The van der Waals surface area contributed by atoms with E-state index in [1.54, 1.807) is 18.5 Å². The molecule has 0 bridgehead atoms. The minimum absolute atomic E-state index is 0.0475. The number of aryl methyl sites for hydroxylation is 1. The van der Waals surface area contributed by atoms with Gasteiger partial charge in [0.05, 0.1) is 6.61 Å². The molecule has 112 valence electrons. The topological polar surface area (TPSA) is 96.5 Å². The Bertz CT molecular complexity index is 482. The lowest BCUT2D eigenvalue weighted by Gasteiger charge is -2.26. The van der Waals surface area contributed by atoms with Gasteiger partial charge in [-0.2, -0.15) is 0 Å². The van der Waals surface area contributed by atoms with Gasteiger partial charge in [-0.15, -0.1) is 0 Å². The lowest BCUT2D eigenvalue weighted by molar-refractivity contribution is -0.388. The molecule has 1 fully saturated rings. The quantitative estimate of drug-likeness (QED) is 0.571. The van der Waals surface area contributed by atoms with Crippen molar-refractivity contribution in [3.8, 4) is 0 Å². The number of nitrogens with one attached hydrogen (secondary N) is 1. The Morgan fingerprint density at radius 1 is 1.65 bits per heavy atom. The summed E-state index contributed by atoms with van der Waals surface area (Å²) < 4.78 is 1.71. The molecular formula is C12H21N5O3. The Hall–Kier alpha value is -1.67.